The molecule has 4 rings (SSSR count). The van der Waals surface area contributed by atoms with Gasteiger partial charge >= 0.3 is 0 Å². The Bertz CT molecular complexity index is 802. The Morgan fingerprint density at radius 1 is 1.15 bits per heavy atom. The summed E-state index contributed by atoms with van der Waals surface area (Å²) in [7, 11) is 0. The number of fused-ring (bicyclic) bond motifs is 1. The molecular formula is C19H20N2O5. The first-order valence-corrected chi connectivity index (χ1v) is 8.73. The summed E-state index contributed by atoms with van der Waals surface area (Å²) in [4.78, 5) is 26.4. The number of hydrogen-bond acceptors (Lipinski definition) is 5. The molecule has 0 aliphatic carbocycles. The van der Waals surface area contributed by atoms with Crippen molar-refractivity contribution in [3.63, 3.8) is 0 Å². The minimum Gasteiger partial charge on any atom is -0.486 e. The molecule has 1 N–H and O–H groups in total. The molecule has 7 heteroatoms. The third kappa shape index (κ3) is 3.24. The molecule has 1 aromatic carbocycles. The van der Waals surface area contributed by atoms with Gasteiger partial charge in [-0.3, -0.25) is 9.59 Å². The zero-order valence-corrected chi connectivity index (χ0v) is 14.3. The molecule has 0 bridgehead atoms. The van der Waals surface area contributed by atoms with Crippen LogP contribution in [0.25, 0.3) is 0 Å². The number of carbonyl (C=O) groups is 2. The number of rotatable bonds is 4. The first-order valence-electron chi connectivity index (χ1n) is 8.73. The Kier molecular flexibility index (Phi) is 4.51. The maximum absolute atomic E-state index is 12.6. The second-order valence-electron chi connectivity index (χ2n) is 6.31. The highest BCUT2D eigenvalue weighted by Crippen LogP contribution is 2.38. The van der Waals surface area contributed by atoms with Crippen LogP contribution in [0.1, 0.15) is 35.0 Å². The van der Waals surface area contributed by atoms with E-state index in [-0.39, 0.29) is 24.3 Å². The van der Waals surface area contributed by atoms with Gasteiger partial charge in [-0.15, -0.1) is 0 Å². The van der Waals surface area contributed by atoms with Crippen molar-refractivity contribution in [2.24, 2.45) is 0 Å². The van der Waals surface area contributed by atoms with E-state index in [0.717, 1.165) is 29.9 Å². The fraction of sp³-hybridized carbons (Fsp3) is 0.368. The Morgan fingerprint density at radius 3 is 2.81 bits per heavy atom. The number of carbonyl (C=O) groups excluding carboxylic acids is 2. The van der Waals surface area contributed by atoms with Gasteiger partial charge in [0.25, 0.3) is 5.91 Å². The van der Waals surface area contributed by atoms with Crippen LogP contribution < -0.4 is 14.8 Å². The molecule has 2 aliphatic rings. The molecule has 1 fully saturated rings. The molecular weight excluding hydrogens is 336 g/mol. The molecule has 1 atom stereocenters. The highest BCUT2D eigenvalue weighted by Gasteiger charge is 2.31. The summed E-state index contributed by atoms with van der Waals surface area (Å²) in [6, 6.07) is 9.00. The van der Waals surface area contributed by atoms with Gasteiger partial charge in [0.1, 0.15) is 13.2 Å². The van der Waals surface area contributed by atoms with E-state index < -0.39 is 5.91 Å². The van der Waals surface area contributed by atoms with E-state index >= 15 is 0 Å². The zero-order valence-electron chi connectivity index (χ0n) is 14.3. The Balaban J connectivity index is 1.43. The lowest BCUT2D eigenvalue weighted by Gasteiger charge is -2.26. The molecule has 2 aromatic rings. The van der Waals surface area contributed by atoms with Crippen LogP contribution in [0, 0.1) is 0 Å². The van der Waals surface area contributed by atoms with Crippen molar-refractivity contribution >= 4 is 11.8 Å². The SMILES string of the molecule is O=C(NCC(=O)N1CCCC1c1ccc2c(c1)OCCO2)c1ccco1. The second-order valence-corrected chi connectivity index (χ2v) is 6.31. The van der Waals surface area contributed by atoms with Gasteiger partial charge in [-0.25, -0.2) is 0 Å². The number of ether oxygens (including phenoxy) is 2. The van der Waals surface area contributed by atoms with Crippen LogP contribution in [-0.4, -0.2) is 43.0 Å². The van der Waals surface area contributed by atoms with E-state index in [4.69, 9.17) is 13.9 Å². The molecule has 26 heavy (non-hydrogen) atoms. The van der Waals surface area contributed by atoms with Gasteiger partial charge < -0.3 is 24.1 Å². The molecule has 0 spiro atoms. The van der Waals surface area contributed by atoms with E-state index in [1.54, 1.807) is 12.1 Å². The van der Waals surface area contributed by atoms with Gasteiger partial charge in [0.05, 0.1) is 18.8 Å². The normalized spacial score (nSPS) is 18.6. The van der Waals surface area contributed by atoms with E-state index in [0.29, 0.717) is 19.8 Å². The van der Waals surface area contributed by atoms with Gasteiger partial charge in [0, 0.05) is 6.54 Å². The van der Waals surface area contributed by atoms with Crippen molar-refractivity contribution in [1.82, 2.24) is 10.2 Å². The maximum atomic E-state index is 12.6. The lowest BCUT2D eigenvalue weighted by molar-refractivity contribution is -0.131. The topological polar surface area (TPSA) is 81.0 Å². The molecule has 2 amide bonds. The maximum Gasteiger partial charge on any atom is 0.287 e. The minimum atomic E-state index is -0.390. The smallest absolute Gasteiger partial charge is 0.287 e. The van der Waals surface area contributed by atoms with Crippen LogP contribution in [0.4, 0.5) is 0 Å². The van der Waals surface area contributed by atoms with Gasteiger partial charge in [-0.1, -0.05) is 6.07 Å². The predicted molar refractivity (Wildman–Crippen MR) is 92.2 cm³/mol. The van der Waals surface area contributed by atoms with Crippen molar-refractivity contribution in [3.8, 4) is 11.5 Å². The van der Waals surface area contributed by atoms with Crippen LogP contribution in [0.5, 0.6) is 11.5 Å². The third-order valence-electron chi connectivity index (χ3n) is 4.67. The van der Waals surface area contributed by atoms with Gasteiger partial charge in [-0.2, -0.15) is 0 Å². The summed E-state index contributed by atoms with van der Waals surface area (Å²) >= 11 is 0. The Labute approximate surface area is 150 Å². The average molecular weight is 356 g/mol. The van der Waals surface area contributed by atoms with Crippen LogP contribution in [0.15, 0.2) is 41.0 Å². The molecule has 7 nitrogen and oxygen atoms in total. The number of furan rings is 1. The summed E-state index contributed by atoms with van der Waals surface area (Å²) in [6.07, 6.45) is 3.24. The quantitative estimate of drug-likeness (QED) is 0.908. The van der Waals surface area contributed by atoms with Crippen LogP contribution in [-0.2, 0) is 4.79 Å². The van der Waals surface area contributed by atoms with Gasteiger partial charge in [0.2, 0.25) is 5.91 Å². The summed E-state index contributed by atoms with van der Waals surface area (Å²) in [6.45, 7) is 1.70. The lowest BCUT2D eigenvalue weighted by atomic mass is 10.0. The molecule has 1 saturated heterocycles. The highest BCUT2D eigenvalue weighted by molar-refractivity contribution is 5.94. The Hall–Kier alpha value is -2.96. The third-order valence-corrected chi connectivity index (χ3v) is 4.67. The summed E-state index contributed by atoms with van der Waals surface area (Å²) < 4.78 is 16.2. The van der Waals surface area contributed by atoms with Crippen molar-refractivity contribution in [2.45, 2.75) is 18.9 Å². The fourth-order valence-corrected chi connectivity index (χ4v) is 3.43. The minimum absolute atomic E-state index is 0.0150. The largest absolute Gasteiger partial charge is 0.486 e. The van der Waals surface area contributed by atoms with E-state index in [1.165, 1.54) is 6.26 Å². The number of amides is 2. The Morgan fingerprint density at radius 2 is 2.00 bits per heavy atom. The molecule has 3 heterocycles. The highest BCUT2D eigenvalue weighted by atomic mass is 16.6. The summed E-state index contributed by atoms with van der Waals surface area (Å²) in [5, 5.41) is 2.62. The van der Waals surface area contributed by atoms with Crippen molar-refractivity contribution in [3.05, 3.63) is 47.9 Å². The fourth-order valence-electron chi connectivity index (χ4n) is 3.43. The average Bonchev–Trinajstić information content (AvgIpc) is 3.37. The van der Waals surface area contributed by atoms with Crippen molar-refractivity contribution < 1.29 is 23.5 Å². The van der Waals surface area contributed by atoms with E-state index in [2.05, 4.69) is 5.32 Å². The van der Waals surface area contributed by atoms with E-state index in [9.17, 15) is 9.59 Å². The standard InChI is InChI=1S/C19H20N2O5/c22-18(12-20-19(23)16-4-2-8-24-16)21-7-1-3-14(21)13-5-6-15-17(11-13)26-10-9-25-15/h2,4-6,8,11,14H,1,3,7,9-10,12H2,(H,20,23). The van der Waals surface area contributed by atoms with Crippen LogP contribution >= 0.6 is 0 Å². The number of nitrogens with one attached hydrogen (secondary N) is 1. The monoisotopic (exact) mass is 356 g/mol. The molecule has 0 radical (unpaired) electrons. The molecule has 1 aromatic heterocycles. The summed E-state index contributed by atoms with van der Waals surface area (Å²) in [5.74, 6) is 1.16. The van der Waals surface area contributed by atoms with E-state index in [1.807, 2.05) is 23.1 Å². The molecule has 136 valence electrons. The van der Waals surface area contributed by atoms with Gasteiger partial charge in [-0.05, 0) is 42.7 Å². The number of hydrogen-bond donors (Lipinski definition) is 1. The van der Waals surface area contributed by atoms with Crippen molar-refractivity contribution in [2.75, 3.05) is 26.3 Å². The number of nitrogens with zero attached hydrogens (tertiary/aromatic N) is 1. The second kappa shape index (κ2) is 7.11. The van der Waals surface area contributed by atoms with Gasteiger partial charge in [0.15, 0.2) is 17.3 Å². The first-order chi connectivity index (χ1) is 12.7. The number of benzene rings is 1. The molecule has 1 unspecified atom stereocenters. The molecule has 0 saturated carbocycles. The molecule has 2 aliphatic heterocycles. The first kappa shape index (κ1) is 16.5. The zero-order chi connectivity index (χ0) is 17.9. The lowest BCUT2D eigenvalue weighted by Crippen LogP contribution is -2.39. The number of likely N-dealkylation sites (tertiary alicyclic amines) is 1. The summed E-state index contributed by atoms with van der Waals surface area (Å²) in [5.41, 5.74) is 1.03. The van der Waals surface area contributed by atoms with Crippen LogP contribution in [0.2, 0.25) is 0 Å². The van der Waals surface area contributed by atoms with Crippen molar-refractivity contribution in [1.29, 1.82) is 0 Å². The van der Waals surface area contributed by atoms with Crippen LogP contribution in [0.3, 0.4) is 0 Å². The predicted octanol–water partition coefficient (Wildman–Crippen LogP) is 2.14.